The Bertz CT molecular complexity index is 408. The molecule has 0 aromatic heterocycles. The van der Waals surface area contributed by atoms with Crippen LogP contribution in [0.5, 0.6) is 0 Å². The van der Waals surface area contributed by atoms with Crippen molar-refractivity contribution in [3.8, 4) is 0 Å². The molecule has 1 saturated heterocycles. The highest BCUT2D eigenvalue weighted by Crippen LogP contribution is 2.11. The highest BCUT2D eigenvalue weighted by atomic mass is 32.1. The number of anilines is 1. The molecule has 4 heteroatoms. The van der Waals surface area contributed by atoms with Crippen LogP contribution in [0.2, 0.25) is 0 Å². The van der Waals surface area contributed by atoms with Crippen LogP contribution >= 0.6 is 12.2 Å². The first-order valence-corrected chi connectivity index (χ1v) is 7.44. The highest BCUT2D eigenvalue weighted by molar-refractivity contribution is 7.80. The van der Waals surface area contributed by atoms with Crippen molar-refractivity contribution in [2.75, 3.05) is 25.0 Å². The molecule has 0 aliphatic carbocycles. The zero-order chi connectivity index (χ0) is 13.7. The number of rotatable bonds is 3. The summed E-state index contributed by atoms with van der Waals surface area (Å²) >= 11 is 5.37. The minimum absolute atomic E-state index is 0.508. The van der Waals surface area contributed by atoms with E-state index in [1.165, 1.54) is 31.5 Å². The summed E-state index contributed by atoms with van der Waals surface area (Å²) in [4.78, 5) is 2.48. The number of nitrogens with one attached hydrogen (secondary N) is 2. The number of likely N-dealkylation sites (tertiary alicyclic amines) is 1. The Balaban J connectivity index is 1.77. The lowest BCUT2D eigenvalue weighted by molar-refractivity contribution is 0.216. The standard InChI is InChI=1S/C15H23N3S/c1-3-18-10-8-14(9-11-18)17-15(19)16-13-6-4-12(2)5-7-13/h4-7,14H,3,8-11H2,1-2H3,(H2,16,17,19). The number of aryl methyl sites for hydroxylation is 1. The van der Waals surface area contributed by atoms with Gasteiger partial charge in [-0.25, -0.2) is 0 Å². The van der Waals surface area contributed by atoms with Crippen molar-refractivity contribution >= 4 is 23.0 Å². The van der Waals surface area contributed by atoms with Gasteiger partial charge in [0.05, 0.1) is 0 Å². The Labute approximate surface area is 121 Å². The molecule has 2 rings (SSSR count). The maximum absolute atomic E-state index is 5.37. The fourth-order valence-corrected chi connectivity index (χ4v) is 2.67. The molecule has 1 aliphatic heterocycles. The topological polar surface area (TPSA) is 27.3 Å². The predicted octanol–water partition coefficient (Wildman–Crippen LogP) is 2.77. The number of hydrogen-bond donors (Lipinski definition) is 2. The zero-order valence-corrected chi connectivity index (χ0v) is 12.6. The second-order valence-corrected chi connectivity index (χ2v) is 5.58. The Kier molecular flexibility index (Phi) is 5.16. The number of benzene rings is 1. The van der Waals surface area contributed by atoms with Gasteiger partial charge in [-0.15, -0.1) is 0 Å². The molecular formula is C15H23N3S. The van der Waals surface area contributed by atoms with Crippen LogP contribution in [0.25, 0.3) is 0 Å². The van der Waals surface area contributed by atoms with Gasteiger partial charge in [0.1, 0.15) is 0 Å². The number of hydrogen-bond acceptors (Lipinski definition) is 2. The van der Waals surface area contributed by atoms with Gasteiger partial charge in [0.15, 0.2) is 5.11 Å². The fraction of sp³-hybridized carbons (Fsp3) is 0.533. The molecule has 0 spiro atoms. The molecule has 1 fully saturated rings. The molecule has 0 saturated carbocycles. The van der Waals surface area contributed by atoms with E-state index in [9.17, 15) is 0 Å². The molecule has 0 radical (unpaired) electrons. The molecule has 104 valence electrons. The lowest BCUT2D eigenvalue weighted by Gasteiger charge is -2.32. The molecule has 1 aliphatic rings. The second kappa shape index (κ2) is 6.87. The Hall–Kier alpha value is -1.13. The van der Waals surface area contributed by atoms with Gasteiger partial charge in [-0.1, -0.05) is 24.6 Å². The van der Waals surface area contributed by atoms with Crippen LogP contribution < -0.4 is 10.6 Å². The fourth-order valence-electron chi connectivity index (χ4n) is 2.38. The summed E-state index contributed by atoms with van der Waals surface area (Å²) < 4.78 is 0. The van der Waals surface area contributed by atoms with Gasteiger partial charge in [0.2, 0.25) is 0 Å². The molecule has 0 unspecified atom stereocenters. The van der Waals surface area contributed by atoms with Crippen LogP contribution in [0.3, 0.4) is 0 Å². The molecule has 0 atom stereocenters. The number of nitrogens with zero attached hydrogens (tertiary/aromatic N) is 1. The van der Waals surface area contributed by atoms with Crippen molar-refractivity contribution in [1.29, 1.82) is 0 Å². The molecule has 1 aromatic rings. The summed E-state index contributed by atoms with van der Waals surface area (Å²) in [6, 6.07) is 8.80. The molecule has 1 heterocycles. The summed E-state index contributed by atoms with van der Waals surface area (Å²) in [5.74, 6) is 0. The maximum atomic E-state index is 5.37. The summed E-state index contributed by atoms with van der Waals surface area (Å²) in [5.41, 5.74) is 2.31. The van der Waals surface area contributed by atoms with E-state index in [-0.39, 0.29) is 0 Å². The first-order chi connectivity index (χ1) is 9.17. The molecule has 3 nitrogen and oxygen atoms in total. The molecule has 2 N–H and O–H groups in total. The van der Waals surface area contributed by atoms with Crippen LogP contribution in [0.4, 0.5) is 5.69 Å². The summed E-state index contributed by atoms with van der Waals surface area (Å²) in [5, 5.41) is 7.40. The molecule has 1 aromatic carbocycles. The van der Waals surface area contributed by atoms with Crippen LogP contribution in [-0.2, 0) is 0 Å². The minimum Gasteiger partial charge on any atom is -0.360 e. The predicted molar refractivity (Wildman–Crippen MR) is 85.7 cm³/mol. The van der Waals surface area contributed by atoms with E-state index in [1.807, 2.05) is 0 Å². The van der Waals surface area contributed by atoms with E-state index in [2.05, 4.69) is 53.6 Å². The van der Waals surface area contributed by atoms with E-state index >= 15 is 0 Å². The van der Waals surface area contributed by atoms with Gasteiger partial charge >= 0.3 is 0 Å². The third-order valence-electron chi connectivity index (χ3n) is 3.68. The normalized spacial score (nSPS) is 17.2. The Morgan fingerprint density at radius 1 is 1.26 bits per heavy atom. The second-order valence-electron chi connectivity index (χ2n) is 5.17. The minimum atomic E-state index is 0.508. The van der Waals surface area contributed by atoms with Gasteiger partial charge in [0.25, 0.3) is 0 Å². The van der Waals surface area contributed by atoms with Crippen LogP contribution in [0.15, 0.2) is 24.3 Å². The van der Waals surface area contributed by atoms with Gasteiger partial charge < -0.3 is 15.5 Å². The maximum Gasteiger partial charge on any atom is 0.170 e. The van der Waals surface area contributed by atoms with E-state index in [0.29, 0.717) is 6.04 Å². The van der Waals surface area contributed by atoms with E-state index < -0.39 is 0 Å². The Morgan fingerprint density at radius 2 is 1.89 bits per heavy atom. The third-order valence-corrected chi connectivity index (χ3v) is 3.90. The molecular weight excluding hydrogens is 254 g/mol. The quantitative estimate of drug-likeness (QED) is 0.831. The SMILES string of the molecule is CCN1CCC(NC(=S)Nc2ccc(C)cc2)CC1. The Morgan fingerprint density at radius 3 is 2.47 bits per heavy atom. The van der Waals surface area contributed by atoms with Crippen molar-refractivity contribution < 1.29 is 0 Å². The first-order valence-electron chi connectivity index (χ1n) is 7.04. The van der Waals surface area contributed by atoms with Crippen molar-refractivity contribution in [3.63, 3.8) is 0 Å². The highest BCUT2D eigenvalue weighted by Gasteiger charge is 2.18. The monoisotopic (exact) mass is 277 g/mol. The average Bonchev–Trinajstić information content (AvgIpc) is 2.42. The lowest BCUT2D eigenvalue weighted by atomic mass is 10.1. The molecule has 19 heavy (non-hydrogen) atoms. The smallest absolute Gasteiger partial charge is 0.170 e. The first kappa shape index (κ1) is 14.3. The van der Waals surface area contributed by atoms with Gasteiger partial charge in [-0.3, -0.25) is 0 Å². The van der Waals surface area contributed by atoms with Gasteiger partial charge in [-0.2, -0.15) is 0 Å². The van der Waals surface area contributed by atoms with E-state index in [1.54, 1.807) is 0 Å². The third kappa shape index (κ3) is 4.48. The number of thiocarbonyl (C=S) groups is 1. The molecule has 0 bridgehead atoms. The van der Waals surface area contributed by atoms with Crippen molar-refractivity contribution in [1.82, 2.24) is 10.2 Å². The largest absolute Gasteiger partial charge is 0.360 e. The van der Waals surface area contributed by atoms with Crippen LogP contribution in [-0.4, -0.2) is 35.7 Å². The van der Waals surface area contributed by atoms with Crippen molar-refractivity contribution in [2.45, 2.75) is 32.7 Å². The van der Waals surface area contributed by atoms with Crippen molar-refractivity contribution in [3.05, 3.63) is 29.8 Å². The summed E-state index contributed by atoms with van der Waals surface area (Å²) in [6.45, 7) is 7.79. The van der Waals surface area contributed by atoms with Gasteiger partial charge in [-0.05, 0) is 50.7 Å². The van der Waals surface area contributed by atoms with Crippen LogP contribution in [0.1, 0.15) is 25.3 Å². The average molecular weight is 277 g/mol. The van der Waals surface area contributed by atoms with Crippen molar-refractivity contribution in [2.24, 2.45) is 0 Å². The number of piperidine rings is 1. The van der Waals surface area contributed by atoms with Crippen LogP contribution in [0, 0.1) is 6.92 Å². The summed E-state index contributed by atoms with van der Waals surface area (Å²) in [6.07, 6.45) is 2.34. The van der Waals surface area contributed by atoms with E-state index in [0.717, 1.165) is 17.3 Å². The zero-order valence-electron chi connectivity index (χ0n) is 11.8. The lowest BCUT2D eigenvalue weighted by Crippen LogP contribution is -2.45. The summed E-state index contributed by atoms with van der Waals surface area (Å²) in [7, 11) is 0. The molecule has 0 amide bonds. The van der Waals surface area contributed by atoms with E-state index in [4.69, 9.17) is 12.2 Å². The van der Waals surface area contributed by atoms with Gasteiger partial charge in [0, 0.05) is 24.8 Å².